The molecule has 0 saturated heterocycles. The molecule has 0 aliphatic carbocycles. The highest BCUT2D eigenvalue weighted by Crippen LogP contribution is 2.47. The van der Waals surface area contributed by atoms with E-state index in [1.54, 1.807) is 31.2 Å². The van der Waals surface area contributed by atoms with E-state index in [1.165, 1.54) is 18.2 Å². The number of fused-ring (bicyclic) bond motifs is 3. The van der Waals surface area contributed by atoms with Gasteiger partial charge in [0.2, 0.25) is 10.6 Å². The van der Waals surface area contributed by atoms with Crippen LogP contribution < -0.4 is 15.2 Å². The zero-order chi connectivity index (χ0) is 20.7. The molecule has 3 aromatic rings. The molecule has 2 N–H and O–H groups in total. The third-order valence-electron chi connectivity index (χ3n) is 4.64. The van der Waals surface area contributed by atoms with Crippen molar-refractivity contribution in [1.82, 2.24) is 0 Å². The van der Waals surface area contributed by atoms with Crippen LogP contribution in [-0.2, 0) is 9.53 Å². The van der Waals surface area contributed by atoms with Crippen LogP contribution in [0.3, 0.4) is 0 Å². The fraction of sp³-hybridized carbons (Fsp3) is 0.143. The average Bonchev–Trinajstić information content (AvgIpc) is 2.67. The van der Waals surface area contributed by atoms with Gasteiger partial charge in [-0.2, -0.15) is 0 Å². The molecule has 2 aromatic carbocycles. The summed E-state index contributed by atoms with van der Waals surface area (Å²) in [6.45, 7) is 1.71. The van der Waals surface area contributed by atoms with Gasteiger partial charge < -0.3 is 15.2 Å². The van der Waals surface area contributed by atoms with Crippen LogP contribution in [0.4, 0.5) is 4.39 Å². The van der Waals surface area contributed by atoms with Gasteiger partial charge in [-0.25, -0.2) is 9.18 Å². The molecule has 0 radical (unpaired) electrons. The lowest BCUT2D eigenvalue weighted by molar-refractivity contribution is -0.139. The van der Waals surface area contributed by atoms with Gasteiger partial charge in [0.25, 0.3) is 0 Å². The molecule has 29 heavy (non-hydrogen) atoms. The SMILES string of the molecule is CCOC(=O)C1=C(N)Oc2c(c(=O)sc3ccccc23)[C@H]1c1c(F)cccc1Cl. The molecular weight excluding hydrogens is 417 g/mol. The van der Waals surface area contributed by atoms with Gasteiger partial charge in [-0.1, -0.05) is 41.1 Å². The Kier molecular flexibility index (Phi) is 5.02. The second-order valence-corrected chi connectivity index (χ2v) is 7.72. The van der Waals surface area contributed by atoms with E-state index in [2.05, 4.69) is 0 Å². The smallest absolute Gasteiger partial charge is 0.340 e. The first-order valence-electron chi connectivity index (χ1n) is 8.78. The van der Waals surface area contributed by atoms with Crippen molar-refractivity contribution in [2.75, 3.05) is 6.61 Å². The van der Waals surface area contributed by atoms with Gasteiger partial charge in [0.1, 0.15) is 17.1 Å². The van der Waals surface area contributed by atoms with E-state index in [4.69, 9.17) is 26.8 Å². The summed E-state index contributed by atoms with van der Waals surface area (Å²) < 4.78 is 26.0. The number of esters is 1. The van der Waals surface area contributed by atoms with E-state index >= 15 is 0 Å². The number of hydrogen-bond acceptors (Lipinski definition) is 6. The zero-order valence-corrected chi connectivity index (χ0v) is 16.8. The first-order chi connectivity index (χ1) is 13.9. The monoisotopic (exact) mass is 431 g/mol. The fourth-order valence-corrected chi connectivity index (χ4v) is 4.66. The van der Waals surface area contributed by atoms with Crippen molar-refractivity contribution >= 4 is 39.0 Å². The topological polar surface area (TPSA) is 78.6 Å². The largest absolute Gasteiger partial charge is 0.462 e. The van der Waals surface area contributed by atoms with Gasteiger partial charge >= 0.3 is 5.97 Å². The Hall–Kier alpha value is -2.90. The molecule has 1 aliphatic heterocycles. The molecule has 148 valence electrons. The molecule has 1 aromatic heterocycles. The molecule has 5 nitrogen and oxygen atoms in total. The number of rotatable bonds is 3. The summed E-state index contributed by atoms with van der Waals surface area (Å²) in [5.41, 5.74) is 6.02. The van der Waals surface area contributed by atoms with Crippen molar-refractivity contribution in [3.05, 3.63) is 85.4 Å². The lowest BCUT2D eigenvalue weighted by atomic mass is 9.83. The normalized spacial score (nSPS) is 15.8. The summed E-state index contributed by atoms with van der Waals surface area (Å²) in [7, 11) is 0. The zero-order valence-electron chi connectivity index (χ0n) is 15.2. The number of hydrogen-bond donors (Lipinski definition) is 1. The van der Waals surface area contributed by atoms with Crippen LogP contribution in [0.5, 0.6) is 5.75 Å². The average molecular weight is 432 g/mol. The van der Waals surface area contributed by atoms with Crippen LogP contribution in [0.1, 0.15) is 24.0 Å². The Bertz CT molecular complexity index is 1220. The lowest BCUT2D eigenvalue weighted by Gasteiger charge is -2.29. The standard InChI is InChI=1S/C21H15ClFNO4S/c1-2-27-20(25)17-15(14-11(22)7-5-8-12(14)23)16-18(28-19(17)24)10-6-3-4-9-13(10)29-21(16)26/h3-9,15H,2,24H2,1H3/t15-/m1/s1. The Morgan fingerprint density at radius 3 is 2.72 bits per heavy atom. The predicted molar refractivity (Wildman–Crippen MR) is 110 cm³/mol. The molecule has 0 fully saturated rings. The van der Waals surface area contributed by atoms with Gasteiger partial charge in [-0.3, -0.25) is 4.79 Å². The van der Waals surface area contributed by atoms with Gasteiger partial charge in [-0.15, -0.1) is 0 Å². The summed E-state index contributed by atoms with van der Waals surface area (Å²) in [4.78, 5) is 25.8. The Labute approximate surface area is 174 Å². The Morgan fingerprint density at radius 1 is 1.24 bits per heavy atom. The maximum absolute atomic E-state index is 14.9. The molecule has 1 aliphatic rings. The number of halogens is 2. The van der Waals surface area contributed by atoms with Crippen molar-refractivity contribution in [3.8, 4) is 5.75 Å². The Balaban J connectivity index is 2.10. The van der Waals surface area contributed by atoms with Crippen LogP contribution in [0.25, 0.3) is 10.1 Å². The molecule has 0 amide bonds. The second kappa shape index (κ2) is 7.50. The Morgan fingerprint density at radius 2 is 2.00 bits per heavy atom. The molecule has 0 bridgehead atoms. The van der Waals surface area contributed by atoms with E-state index in [9.17, 15) is 14.0 Å². The third-order valence-corrected chi connectivity index (χ3v) is 5.95. The van der Waals surface area contributed by atoms with E-state index < -0.39 is 17.7 Å². The number of carbonyl (C=O) groups is 1. The summed E-state index contributed by atoms with van der Waals surface area (Å²) in [6, 6.07) is 11.3. The van der Waals surface area contributed by atoms with Gasteiger partial charge in [0.05, 0.1) is 18.1 Å². The van der Waals surface area contributed by atoms with Crippen molar-refractivity contribution in [2.24, 2.45) is 5.73 Å². The molecule has 8 heteroatoms. The first kappa shape index (κ1) is 19.4. The van der Waals surface area contributed by atoms with Crippen molar-refractivity contribution in [3.63, 3.8) is 0 Å². The van der Waals surface area contributed by atoms with Crippen molar-refractivity contribution in [2.45, 2.75) is 12.8 Å². The summed E-state index contributed by atoms with van der Waals surface area (Å²) in [6.07, 6.45) is 0. The van der Waals surface area contributed by atoms with E-state index in [0.717, 1.165) is 11.3 Å². The number of nitrogens with two attached hydrogens (primary N) is 1. The molecular formula is C21H15ClFNO4S. The maximum atomic E-state index is 14.9. The fourth-order valence-electron chi connectivity index (χ4n) is 3.45. The van der Waals surface area contributed by atoms with Crippen LogP contribution in [-0.4, -0.2) is 12.6 Å². The predicted octanol–water partition coefficient (Wildman–Crippen LogP) is 4.31. The highest BCUT2D eigenvalue weighted by Gasteiger charge is 2.40. The minimum absolute atomic E-state index is 0.0238. The maximum Gasteiger partial charge on any atom is 0.340 e. The molecule has 4 rings (SSSR count). The van der Waals surface area contributed by atoms with E-state index in [0.29, 0.717) is 10.1 Å². The third kappa shape index (κ3) is 3.16. The van der Waals surface area contributed by atoms with Crippen LogP contribution in [0.15, 0.2) is 58.7 Å². The minimum atomic E-state index is -1.15. The van der Waals surface area contributed by atoms with Crippen LogP contribution in [0.2, 0.25) is 5.02 Å². The second-order valence-electron chi connectivity index (χ2n) is 6.30. The van der Waals surface area contributed by atoms with E-state index in [-0.39, 0.29) is 44.7 Å². The summed E-state index contributed by atoms with van der Waals surface area (Å²) in [5.74, 6) is -2.67. The molecule has 1 atom stereocenters. The number of benzene rings is 2. The molecule has 0 unspecified atom stereocenters. The van der Waals surface area contributed by atoms with Gasteiger partial charge in [-0.05, 0) is 31.2 Å². The van der Waals surface area contributed by atoms with Crippen molar-refractivity contribution < 1.29 is 18.7 Å². The first-order valence-corrected chi connectivity index (χ1v) is 9.97. The highest BCUT2D eigenvalue weighted by atomic mass is 35.5. The summed E-state index contributed by atoms with van der Waals surface area (Å²) in [5, 5.41) is 0.699. The highest BCUT2D eigenvalue weighted by molar-refractivity contribution is 7.16. The van der Waals surface area contributed by atoms with Crippen LogP contribution in [0, 0.1) is 5.82 Å². The molecule has 0 saturated carbocycles. The van der Waals surface area contributed by atoms with Crippen molar-refractivity contribution in [1.29, 1.82) is 0 Å². The van der Waals surface area contributed by atoms with Gasteiger partial charge in [0, 0.05) is 20.7 Å². The quantitative estimate of drug-likeness (QED) is 0.625. The lowest BCUT2D eigenvalue weighted by Crippen LogP contribution is -2.31. The number of carbonyl (C=O) groups excluding carboxylic acids is 1. The molecule has 2 heterocycles. The van der Waals surface area contributed by atoms with Gasteiger partial charge in [0.15, 0.2) is 0 Å². The molecule has 0 spiro atoms. The van der Waals surface area contributed by atoms with E-state index in [1.807, 2.05) is 0 Å². The number of ether oxygens (including phenoxy) is 2. The van der Waals surface area contributed by atoms with Crippen LogP contribution >= 0.6 is 22.9 Å². The minimum Gasteiger partial charge on any atom is -0.462 e. The summed E-state index contributed by atoms with van der Waals surface area (Å²) >= 11 is 7.28.